The number of fused-ring (bicyclic) bond motifs is 1. The number of aromatic nitrogens is 2. The number of aryl methyl sites for hydroxylation is 1. The molecule has 0 spiro atoms. The highest BCUT2D eigenvalue weighted by molar-refractivity contribution is 5.94. The summed E-state index contributed by atoms with van der Waals surface area (Å²) in [4.78, 5) is 12.5. The molecule has 29 heavy (non-hydrogen) atoms. The Balaban J connectivity index is 1.75. The van der Waals surface area contributed by atoms with E-state index in [1.165, 1.54) is 5.56 Å². The van der Waals surface area contributed by atoms with Crippen molar-refractivity contribution >= 4 is 11.7 Å². The van der Waals surface area contributed by atoms with Gasteiger partial charge in [-0.25, -0.2) is 4.68 Å². The van der Waals surface area contributed by atoms with Gasteiger partial charge in [-0.15, -0.1) is 0 Å². The zero-order valence-electron chi connectivity index (χ0n) is 16.9. The Morgan fingerprint density at radius 1 is 1.07 bits per heavy atom. The van der Waals surface area contributed by atoms with Gasteiger partial charge in [0.2, 0.25) is 5.91 Å². The molecule has 0 bridgehead atoms. The number of carbonyl (C=O) groups excluding carboxylic acids is 1. The summed E-state index contributed by atoms with van der Waals surface area (Å²) >= 11 is 0. The number of hydrogen-bond donors (Lipinski definition) is 1. The average molecular weight is 391 g/mol. The fourth-order valence-corrected chi connectivity index (χ4v) is 3.68. The molecule has 6 nitrogen and oxygen atoms in total. The Morgan fingerprint density at radius 2 is 1.79 bits per heavy atom. The Hall–Kier alpha value is -3.28. The number of nitrogens with zero attached hydrogens (tertiary/aromatic N) is 2. The lowest BCUT2D eigenvalue weighted by atomic mass is 9.87. The number of rotatable bonds is 6. The van der Waals surface area contributed by atoms with Crippen LogP contribution in [-0.2, 0) is 4.79 Å². The maximum absolute atomic E-state index is 12.5. The molecule has 0 fully saturated rings. The second-order valence-electron chi connectivity index (χ2n) is 7.07. The lowest BCUT2D eigenvalue weighted by Gasteiger charge is -2.24. The van der Waals surface area contributed by atoms with Gasteiger partial charge in [-0.05, 0) is 50.6 Å². The van der Waals surface area contributed by atoms with Crippen LogP contribution in [0.4, 0.5) is 5.82 Å². The van der Waals surface area contributed by atoms with E-state index in [1.54, 1.807) is 4.68 Å². The predicted octanol–water partition coefficient (Wildman–Crippen LogP) is 4.45. The molecule has 6 heteroatoms. The Kier molecular flexibility index (Phi) is 5.25. The lowest BCUT2D eigenvalue weighted by molar-refractivity contribution is -0.116. The van der Waals surface area contributed by atoms with Crippen LogP contribution in [0, 0.1) is 6.92 Å². The van der Waals surface area contributed by atoms with Crippen LogP contribution in [0.5, 0.6) is 11.5 Å². The second kappa shape index (κ2) is 7.99. The summed E-state index contributed by atoms with van der Waals surface area (Å²) in [5, 5.41) is 7.56. The van der Waals surface area contributed by atoms with Crippen LogP contribution in [0.1, 0.15) is 42.9 Å². The molecule has 1 atom stereocenters. The zero-order chi connectivity index (χ0) is 20.4. The fourth-order valence-electron chi connectivity index (χ4n) is 3.68. The minimum atomic E-state index is -0.0900. The third-order valence-corrected chi connectivity index (χ3v) is 5.07. The van der Waals surface area contributed by atoms with Gasteiger partial charge in [0.15, 0.2) is 11.5 Å². The van der Waals surface area contributed by atoms with Gasteiger partial charge in [-0.3, -0.25) is 4.79 Å². The topological polar surface area (TPSA) is 65.4 Å². The first kappa shape index (κ1) is 19.1. The van der Waals surface area contributed by atoms with Crippen LogP contribution < -0.4 is 14.8 Å². The summed E-state index contributed by atoms with van der Waals surface area (Å²) in [5.41, 5.74) is 4.10. The Labute approximate surface area is 170 Å². The number of anilines is 1. The van der Waals surface area contributed by atoms with Crippen molar-refractivity contribution in [3.63, 3.8) is 0 Å². The van der Waals surface area contributed by atoms with Gasteiger partial charge in [0.1, 0.15) is 5.82 Å². The molecular formula is C23H25N3O3. The average Bonchev–Trinajstić information content (AvgIpc) is 3.13. The maximum Gasteiger partial charge on any atom is 0.226 e. The van der Waals surface area contributed by atoms with Gasteiger partial charge in [0, 0.05) is 17.9 Å². The smallest absolute Gasteiger partial charge is 0.226 e. The van der Waals surface area contributed by atoms with E-state index in [4.69, 9.17) is 9.47 Å². The highest BCUT2D eigenvalue weighted by Crippen LogP contribution is 2.40. The molecule has 0 saturated carbocycles. The van der Waals surface area contributed by atoms with Gasteiger partial charge in [0.25, 0.3) is 0 Å². The van der Waals surface area contributed by atoms with Crippen LogP contribution in [0.2, 0.25) is 0 Å². The number of amides is 1. The highest BCUT2D eigenvalue weighted by atomic mass is 16.5. The molecular weight excluding hydrogens is 366 g/mol. The van der Waals surface area contributed by atoms with Gasteiger partial charge >= 0.3 is 0 Å². The van der Waals surface area contributed by atoms with Crippen molar-refractivity contribution in [1.82, 2.24) is 9.78 Å². The quantitative estimate of drug-likeness (QED) is 0.674. The van der Waals surface area contributed by atoms with Crippen molar-refractivity contribution < 1.29 is 14.3 Å². The number of nitrogens with one attached hydrogen (secondary N) is 1. The molecule has 1 unspecified atom stereocenters. The molecule has 2 heterocycles. The minimum Gasteiger partial charge on any atom is -0.490 e. The monoisotopic (exact) mass is 391 g/mol. The van der Waals surface area contributed by atoms with E-state index in [0.717, 1.165) is 22.6 Å². The van der Waals surface area contributed by atoms with Gasteiger partial charge in [-0.2, -0.15) is 5.10 Å². The van der Waals surface area contributed by atoms with Crippen molar-refractivity contribution in [1.29, 1.82) is 0 Å². The Morgan fingerprint density at radius 3 is 2.52 bits per heavy atom. The molecule has 150 valence electrons. The van der Waals surface area contributed by atoms with Crippen molar-refractivity contribution in [2.75, 3.05) is 18.5 Å². The molecule has 0 radical (unpaired) electrons. The summed E-state index contributed by atoms with van der Waals surface area (Å²) in [6.07, 6.45) is 2.21. The van der Waals surface area contributed by atoms with E-state index >= 15 is 0 Å². The van der Waals surface area contributed by atoms with Gasteiger partial charge in [-0.1, -0.05) is 23.8 Å². The standard InChI is InChI=1S/C23H25N3O3/c1-4-28-20-11-8-16(12-21(20)29-5-2)18-13-22(27)25-23-19(18)14-24-26(23)17-9-6-15(3)7-10-17/h6-12,14,18H,4-5,13H2,1-3H3,(H,25,27). The summed E-state index contributed by atoms with van der Waals surface area (Å²) in [7, 11) is 0. The van der Waals surface area contributed by atoms with Crippen LogP contribution in [0.25, 0.3) is 5.69 Å². The van der Waals surface area contributed by atoms with Crippen LogP contribution in [0.15, 0.2) is 48.7 Å². The number of ether oxygens (including phenoxy) is 2. The summed E-state index contributed by atoms with van der Waals surface area (Å²) in [6, 6.07) is 14.0. The molecule has 1 amide bonds. The minimum absolute atomic E-state index is 0.0248. The van der Waals surface area contributed by atoms with Gasteiger partial charge in [0.05, 0.1) is 25.1 Å². The third kappa shape index (κ3) is 3.70. The molecule has 2 aromatic carbocycles. The molecule has 0 aliphatic carbocycles. The molecule has 1 N–H and O–H groups in total. The molecule has 1 aliphatic heterocycles. The van der Waals surface area contributed by atoms with E-state index < -0.39 is 0 Å². The molecule has 1 aromatic heterocycles. The lowest BCUT2D eigenvalue weighted by Crippen LogP contribution is -2.24. The number of carbonyl (C=O) groups is 1. The predicted molar refractivity (Wildman–Crippen MR) is 112 cm³/mol. The summed E-state index contributed by atoms with van der Waals surface area (Å²) in [6.45, 7) is 7.05. The first-order valence-electron chi connectivity index (χ1n) is 9.95. The largest absolute Gasteiger partial charge is 0.490 e. The van der Waals surface area contributed by atoms with E-state index in [-0.39, 0.29) is 11.8 Å². The normalized spacial score (nSPS) is 15.6. The SMILES string of the molecule is CCOc1ccc(C2CC(=O)Nc3c2cnn3-c2ccc(C)cc2)cc1OCC. The van der Waals surface area contributed by atoms with E-state index in [9.17, 15) is 4.79 Å². The van der Waals surface area contributed by atoms with Crippen molar-refractivity contribution in [3.05, 3.63) is 65.4 Å². The first-order chi connectivity index (χ1) is 14.1. The van der Waals surface area contributed by atoms with E-state index in [2.05, 4.69) is 10.4 Å². The van der Waals surface area contributed by atoms with Crippen molar-refractivity contribution in [2.45, 2.75) is 33.1 Å². The summed E-state index contributed by atoms with van der Waals surface area (Å²) < 4.78 is 13.2. The fraction of sp³-hybridized carbons (Fsp3) is 0.304. The second-order valence-corrected chi connectivity index (χ2v) is 7.07. The highest BCUT2D eigenvalue weighted by Gasteiger charge is 2.31. The third-order valence-electron chi connectivity index (χ3n) is 5.07. The molecule has 3 aromatic rings. The van der Waals surface area contributed by atoms with Crippen LogP contribution in [0.3, 0.4) is 0 Å². The van der Waals surface area contributed by atoms with Crippen LogP contribution >= 0.6 is 0 Å². The van der Waals surface area contributed by atoms with E-state index in [1.807, 2.05) is 69.4 Å². The van der Waals surface area contributed by atoms with E-state index in [0.29, 0.717) is 31.1 Å². The molecule has 4 rings (SSSR count). The van der Waals surface area contributed by atoms with Crippen molar-refractivity contribution in [2.24, 2.45) is 0 Å². The van der Waals surface area contributed by atoms with Gasteiger partial charge < -0.3 is 14.8 Å². The molecule has 1 aliphatic rings. The maximum atomic E-state index is 12.5. The first-order valence-corrected chi connectivity index (χ1v) is 9.95. The number of hydrogen-bond acceptors (Lipinski definition) is 4. The van der Waals surface area contributed by atoms with Crippen LogP contribution in [-0.4, -0.2) is 28.9 Å². The number of benzene rings is 2. The Bertz CT molecular complexity index is 1020. The van der Waals surface area contributed by atoms with Crippen molar-refractivity contribution in [3.8, 4) is 17.2 Å². The molecule has 0 saturated heterocycles. The zero-order valence-corrected chi connectivity index (χ0v) is 16.9. The summed E-state index contributed by atoms with van der Waals surface area (Å²) in [5.74, 6) is 2.03.